The predicted octanol–water partition coefficient (Wildman–Crippen LogP) is 4.77. The zero-order valence-electron chi connectivity index (χ0n) is 15.4. The highest BCUT2D eigenvalue weighted by atomic mass is 35.5. The van der Waals surface area contributed by atoms with Crippen LogP contribution in [-0.4, -0.2) is 22.9 Å². The smallest absolute Gasteiger partial charge is 0.216 e. The van der Waals surface area contributed by atoms with Gasteiger partial charge in [-0.15, -0.1) is 0 Å². The molecule has 0 spiro atoms. The molecule has 2 rings (SSSR count). The Morgan fingerprint density at radius 1 is 1.19 bits per heavy atom. The van der Waals surface area contributed by atoms with Gasteiger partial charge in [-0.2, -0.15) is 0 Å². The number of nitrogens with zero attached hydrogens (tertiary/aromatic N) is 1. The lowest BCUT2D eigenvalue weighted by Gasteiger charge is -2.15. The molecule has 5 nitrogen and oxygen atoms in total. The second-order valence-electron chi connectivity index (χ2n) is 5.98. The second kappa shape index (κ2) is 8.63. The molecular weight excluding hydrogens is 348 g/mol. The van der Waals surface area contributed by atoms with Crippen LogP contribution in [0.1, 0.15) is 27.9 Å². The highest BCUT2D eigenvalue weighted by molar-refractivity contribution is 6.67. The van der Waals surface area contributed by atoms with Gasteiger partial charge in [0.05, 0.1) is 11.4 Å². The summed E-state index contributed by atoms with van der Waals surface area (Å²) in [7, 11) is 1.89. The lowest BCUT2D eigenvalue weighted by Crippen LogP contribution is -2.07. The lowest BCUT2D eigenvalue weighted by molar-refractivity contribution is 0.291. The summed E-state index contributed by atoms with van der Waals surface area (Å²) in [5.74, 6) is 0.554. The van der Waals surface area contributed by atoms with Crippen molar-refractivity contribution in [3.05, 3.63) is 64.4 Å². The zero-order valence-corrected chi connectivity index (χ0v) is 16.2. The van der Waals surface area contributed by atoms with Crippen molar-refractivity contribution in [2.45, 2.75) is 27.4 Å². The molecular formula is C20H23ClN4O. The van der Waals surface area contributed by atoms with Crippen molar-refractivity contribution in [2.75, 3.05) is 12.4 Å². The van der Waals surface area contributed by atoms with Gasteiger partial charge in [0, 0.05) is 29.4 Å². The normalized spacial score (nSPS) is 10.8. The highest BCUT2D eigenvalue weighted by Gasteiger charge is 2.12. The molecule has 0 aliphatic heterocycles. The molecule has 6 heteroatoms. The maximum atomic E-state index is 8.12. The molecule has 1 aromatic heterocycles. The third-order valence-corrected chi connectivity index (χ3v) is 4.20. The van der Waals surface area contributed by atoms with Gasteiger partial charge >= 0.3 is 0 Å². The monoisotopic (exact) mass is 370 g/mol. The van der Waals surface area contributed by atoms with Crippen LogP contribution in [0.5, 0.6) is 5.88 Å². The van der Waals surface area contributed by atoms with E-state index in [9.17, 15) is 0 Å². The molecule has 0 fully saturated rings. The van der Waals surface area contributed by atoms with Crippen LogP contribution in [0, 0.1) is 31.6 Å². The molecule has 0 saturated heterocycles. The summed E-state index contributed by atoms with van der Waals surface area (Å²) in [5, 5.41) is 18.4. The number of ether oxygens (including phenoxy) is 1. The molecule has 1 heterocycles. The summed E-state index contributed by atoms with van der Waals surface area (Å²) >= 11 is 5.50. The van der Waals surface area contributed by atoms with Crippen LogP contribution in [0.2, 0.25) is 0 Å². The first-order valence-electron chi connectivity index (χ1n) is 8.21. The second-order valence-corrected chi connectivity index (χ2v) is 6.39. The Balaban J connectivity index is 2.24. The fourth-order valence-corrected chi connectivity index (χ4v) is 2.68. The molecule has 1 aromatic carbocycles. The maximum absolute atomic E-state index is 8.12. The summed E-state index contributed by atoms with van der Waals surface area (Å²) in [6.45, 7) is 6.21. The van der Waals surface area contributed by atoms with Crippen LogP contribution in [0.3, 0.4) is 0 Å². The molecule has 26 heavy (non-hydrogen) atoms. The molecule has 0 saturated carbocycles. The third kappa shape index (κ3) is 4.70. The first kappa shape index (κ1) is 19.7. The minimum atomic E-state index is -0.115. The van der Waals surface area contributed by atoms with E-state index in [-0.39, 0.29) is 10.9 Å². The number of rotatable bonds is 7. The van der Waals surface area contributed by atoms with Crippen LogP contribution in [0.4, 0.5) is 5.69 Å². The lowest BCUT2D eigenvalue weighted by atomic mass is 10.1. The fourth-order valence-electron chi connectivity index (χ4n) is 2.62. The molecule has 0 aliphatic carbocycles. The van der Waals surface area contributed by atoms with Crippen LogP contribution >= 0.6 is 11.6 Å². The Morgan fingerprint density at radius 2 is 1.92 bits per heavy atom. The zero-order chi connectivity index (χ0) is 19.3. The van der Waals surface area contributed by atoms with Gasteiger partial charge in [-0.3, -0.25) is 5.41 Å². The van der Waals surface area contributed by atoms with Crippen molar-refractivity contribution in [3.8, 4) is 5.88 Å². The van der Waals surface area contributed by atoms with Crippen molar-refractivity contribution in [3.63, 3.8) is 0 Å². The van der Waals surface area contributed by atoms with E-state index in [4.69, 9.17) is 27.2 Å². The van der Waals surface area contributed by atoms with E-state index in [0.29, 0.717) is 23.7 Å². The van der Waals surface area contributed by atoms with Crippen LogP contribution < -0.4 is 10.1 Å². The number of nitrogens with one attached hydrogen (secondary N) is 3. The van der Waals surface area contributed by atoms with E-state index in [1.54, 1.807) is 0 Å². The Bertz CT molecular complexity index is 874. The molecule has 136 valence electrons. The Labute approximate surface area is 159 Å². The Morgan fingerprint density at radius 3 is 2.58 bits per heavy atom. The van der Waals surface area contributed by atoms with Gasteiger partial charge in [-0.1, -0.05) is 23.7 Å². The van der Waals surface area contributed by atoms with Gasteiger partial charge in [0.25, 0.3) is 0 Å². The van der Waals surface area contributed by atoms with Crippen LogP contribution in [-0.2, 0) is 6.61 Å². The van der Waals surface area contributed by atoms with Gasteiger partial charge < -0.3 is 15.5 Å². The van der Waals surface area contributed by atoms with Gasteiger partial charge in [0.15, 0.2) is 0 Å². The number of aryl methyl sites for hydroxylation is 3. The van der Waals surface area contributed by atoms with Crippen molar-refractivity contribution < 1.29 is 4.74 Å². The van der Waals surface area contributed by atoms with Gasteiger partial charge in [-0.05, 0) is 50.6 Å². The number of anilines is 1. The SMILES string of the molecule is CNc1cccc(C)c1COc1nc(C)c(C(=N)/C=C\C(=N)Cl)cc1C. The number of hydrogen-bond acceptors (Lipinski definition) is 5. The molecule has 0 aliphatic rings. The number of hydrogen-bond donors (Lipinski definition) is 3. The number of allylic oxidation sites excluding steroid dienone is 2. The van der Waals surface area contributed by atoms with Crippen LogP contribution in [0.15, 0.2) is 36.4 Å². The van der Waals surface area contributed by atoms with Crippen molar-refractivity contribution in [1.29, 1.82) is 10.8 Å². The van der Waals surface area contributed by atoms with Crippen LogP contribution in [0.25, 0.3) is 0 Å². The average Bonchev–Trinajstić information content (AvgIpc) is 2.60. The minimum Gasteiger partial charge on any atom is -0.473 e. The Kier molecular flexibility index (Phi) is 6.52. The highest BCUT2D eigenvalue weighted by Crippen LogP contribution is 2.24. The Hall–Kier alpha value is -2.66. The van der Waals surface area contributed by atoms with Gasteiger partial charge in [-0.25, -0.2) is 4.98 Å². The standard InChI is InChI=1S/C20H23ClN4O/c1-12-6-5-7-18(24-4)16(12)11-26-20-13(2)10-15(14(3)25-20)17(22)8-9-19(21)23/h5-10,22-24H,11H2,1-4H3/b9-8-,22-17?,23-19?. The molecule has 0 bridgehead atoms. The minimum absolute atomic E-state index is 0.115. The van der Waals surface area contributed by atoms with Crippen molar-refractivity contribution >= 4 is 28.2 Å². The first-order chi connectivity index (χ1) is 12.3. The first-order valence-corrected chi connectivity index (χ1v) is 8.59. The van der Waals surface area contributed by atoms with Crippen molar-refractivity contribution in [2.24, 2.45) is 0 Å². The van der Waals surface area contributed by atoms with Crippen molar-refractivity contribution in [1.82, 2.24) is 4.98 Å². The number of benzene rings is 1. The molecule has 0 unspecified atom stereocenters. The van der Waals surface area contributed by atoms with E-state index < -0.39 is 0 Å². The topological polar surface area (TPSA) is 81.8 Å². The number of aromatic nitrogens is 1. The summed E-state index contributed by atoms with van der Waals surface area (Å²) in [6.07, 6.45) is 2.87. The maximum Gasteiger partial charge on any atom is 0.216 e. The quantitative estimate of drug-likeness (QED) is 0.614. The van der Waals surface area contributed by atoms with E-state index in [1.165, 1.54) is 12.2 Å². The summed E-state index contributed by atoms with van der Waals surface area (Å²) in [6, 6.07) is 7.95. The van der Waals surface area contributed by atoms with E-state index in [2.05, 4.69) is 23.3 Å². The number of halogens is 1. The molecule has 3 N–H and O–H groups in total. The molecule has 2 aromatic rings. The summed E-state index contributed by atoms with van der Waals surface area (Å²) in [5.41, 5.74) is 5.77. The number of pyridine rings is 1. The largest absolute Gasteiger partial charge is 0.473 e. The average molecular weight is 371 g/mol. The molecule has 0 atom stereocenters. The van der Waals surface area contributed by atoms with E-state index in [0.717, 1.165) is 22.4 Å². The fraction of sp³-hybridized carbons (Fsp3) is 0.250. The van der Waals surface area contributed by atoms with E-state index in [1.807, 2.05) is 39.1 Å². The summed E-state index contributed by atoms with van der Waals surface area (Å²) < 4.78 is 5.97. The third-order valence-electron chi connectivity index (χ3n) is 4.08. The van der Waals surface area contributed by atoms with Gasteiger partial charge in [0.2, 0.25) is 5.88 Å². The predicted molar refractivity (Wildman–Crippen MR) is 108 cm³/mol. The molecule has 0 amide bonds. The van der Waals surface area contributed by atoms with E-state index >= 15 is 0 Å². The summed E-state index contributed by atoms with van der Waals surface area (Å²) in [4.78, 5) is 4.52. The van der Waals surface area contributed by atoms with Gasteiger partial charge in [0.1, 0.15) is 11.8 Å². The molecule has 0 radical (unpaired) electrons.